The number of ketones is 1. The van der Waals surface area contributed by atoms with E-state index in [2.05, 4.69) is 16.8 Å². The van der Waals surface area contributed by atoms with E-state index in [1.54, 1.807) is 0 Å². The van der Waals surface area contributed by atoms with E-state index in [-0.39, 0.29) is 0 Å². The van der Waals surface area contributed by atoms with Gasteiger partial charge in [0.25, 0.3) is 0 Å². The first-order valence-corrected chi connectivity index (χ1v) is 6.19. The molecule has 0 amide bonds. The number of rotatable bonds is 3. The van der Waals surface area contributed by atoms with Gasteiger partial charge in [-0.2, -0.15) is 0 Å². The van der Waals surface area contributed by atoms with Crippen molar-refractivity contribution < 1.29 is 4.79 Å². The van der Waals surface area contributed by atoms with Gasteiger partial charge in [0.15, 0.2) is 0 Å². The Hall–Kier alpha value is -0.410. The second-order valence-electron chi connectivity index (χ2n) is 4.99. The van der Waals surface area contributed by atoms with Crippen LogP contribution in [0.2, 0.25) is 0 Å². The van der Waals surface area contributed by atoms with Crippen molar-refractivity contribution in [3.05, 3.63) is 0 Å². The predicted molar refractivity (Wildman–Crippen MR) is 60.9 cm³/mol. The minimum atomic E-state index is 0.393. The summed E-state index contributed by atoms with van der Waals surface area (Å²) in [6, 6.07) is 0. The first-order chi connectivity index (χ1) is 7.25. The lowest BCUT2D eigenvalue weighted by Crippen LogP contribution is -2.45. The summed E-state index contributed by atoms with van der Waals surface area (Å²) in [5.74, 6) is 0.911. The molecular weight excluding hydrogens is 188 g/mol. The van der Waals surface area contributed by atoms with Gasteiger partial charge in [-0.25, -0.2) is 0 Å². The van der Waals surface area contributed by atoms with Gasteiger partial charge in [0, 0.05) is 38.5 Å². The van der Waals surface area contributed by atoms with Crippen LogP contribution in [0, 0.1) is 5.92 Å². The molecule has 1 aliphatic carbocycles. The van der Waals surface area contributed by atoms with E-state index in [1.807, 2.05) is 0 Å². The molecule has 0 aromatic heterocycles. The number of nitrogens with zero attached hydrogens (tertiary/aromatic N) is 2. The molecule has 1 saturated carbocycles. The van der Waals surface area contributed by atoms with Crippen molar-refractivity contribution in [2.24, 2.45) is 5.92 Å². The summed E-state index contributed by atoms with van der Waals surface area (Å²) in [6.07, 6.45) is 4.22. The first kappa shape index (κ1) is 11.1. The summed E-state index contributed by atoms with van der Waals surface area (Å²) < 4.78 is 0. The van der Waals surface area contributed by atoms with Crippen LogP contribution in [0.4, 0.5) is 0 Å². The molecule has 1 unspecified atom stereocenters. The fourth-order valence-electron chi connectivity index (χ4n) is 2.60. The standard InChI is InChI=1S/C12H22N2O/c1-13-7-9-14(10-8-13)6-5-11-3-2-4-12(11)15/h11H,2-10H2,1H3. The van der Waals surface area contributed by atoms with E-state index in [0.717, 1.165) is 32.2 Å². The van der Waals surface area contributed by atoms with Gasteiger partial charge in [-0.15, -0.1) is 0 Å². The zero-order chi connectivity index (χ0) is 10.7. The van der Waals surface area contributed by atoms with E-state index < -0.39 is 0 Å². The lowest BCUT2D eigenvalue weighted by atomic mass is 10.0. The third kappa shape index (κ3) is 3.02. The number of carbonyl (C=O) groups excluding carboxylic acids is 1. The molecule has 0 aromatic rings. The zero-order valence-corrected chi connectivity index (χ0v) is 9.74. The van der Waals surface area contributed by atoms with Crippen LogP contribution in [0.15, 0.2) is 0 Å². The highest BCUT2D eigenvalue weighted by Gasteiger charge is 2.25. The number of piperazine rings is 1. The first-order valence-electron chi connectivity index (χ1n) is 6.19. The van der Waals surface area contributed by atoms with E-state index >= 15 is 0 Å². The smallest absolute Gasteiger partial charge is 0.136 e. The maximum Gasteiger partial charge on any atom is 0.136 e. The third-order valence-corrected chi connectivity index (χ3v) is 3.82. The van der Waals surface area contributed by atoms with Crippen LogP contribution in [0.3, 0.4) is 0 Å². The molecule has 86 valence electrons. The fraction of sp³-hybridized carbons (Fsp3) is 0.917. The van der Waals surface area contributed by atoms with E-state index in [9.17, 15) is 4.79 Å². The third-order valence-electron chi connectivity index (χ3n) is 3.82. The highest BCUT2D eigenvalue weighted by Crippen LogP contribution is 2.24. The Bertz CT molecular complexity index is 222. The minimum absolute atomic E-state index is 0.393. The van der Waals surface area contributed by atoms with Crippen LogP contribution >= 0.6 is 0 Å². The van der Waals surface area contributed by atoms with E-state index in [4.69, 9.17) is 0 Å². The second-order valence-corrected chi connectivity index (χ2v) is 4.99. The van der Waals surface area contributed by atoms with Crippen molar-refractivity contribution in [3.63, 3.8) is 0 Å². The van der Waals surface area contributed by atoms with Gasteiger partial charge < -0.3 is 9.80 Å². The lowest BCUT2D eigenvalue weighted by Gasteiger charge is -2.32. The molecule has 2 fully saturated rings. The molecular formula is C12H22N2O. The second kappa shape index (κ2) is 5.08. The highest BCUT2D eigenvalue weighted by atomic mass is 16.1. The molecule has 3 nitrogen and oxygen atoms in total. The van der Waals surface area contributed by atoms with Gasteiger partial charge >= 0.3 is 0 Å². The molecule has 15 heavy (non-hydrogen) atoms. The Morgan fingerprint density at radius 3 is 2.60 bits per heavy atom. The van der Waals surface area contributed by atoms with Crippen LogP contribution in [-0.2, 0) is 4.79 Å². The zero-order valence-electron chi connectivity index (χ0n) is 9.74. The summed E-state index contributed by atoms with van der Waals surface area (Å²) in [5, 5.41) is 0. The largest absolute Gasteiger partial charge is 0.304 e. The molecule has 0 spiro atoms. The topological polar surface area (TPSA) is 23.6 Å². The normalized spacial score (nSPS) is 29.9. The van der Waals surface area contributed by atoms with Crippen molar-refractivity contribution in [2.75, 3.05) is 39.8 Å². The summed E-state index contributed by atoms with van der Waals surface area (Å²) >= 11 is 0. The van der Waals surface area contributed by atoms with Crippen LogP contribution in [0.5, 0.6) is 0 Å². The molecule has 0 aromatic carbocycles. The van der Waals surface area contributed by atoms with Gasteiger partial charge in [-0.3, -0.25) is 4.79 Å². The fourth-order valence-corrected chi connectivity index (χ4v) is 2.60. The van der Waals surface area contributed by atoms with Crippen LogP contribution < -0.4 is 0 Å². The van der Waals surface area contributed by atoms with Gasteiger partial charge in [0.2, 0.25) is 0 Å². The van der Waals surface area contributed by atoms with E-state index in [1.165, 1.54) is 26.2 Å². The van der Waals surface area contributed by atoms with Crippen LogP contribution in [0.1, 0.15) is 25.7 Å². The predicted octanol–water partition coefficient (Wildman–Crippen LogP) is 0.993. The van der Waals surface area contributed by atoms with Crippen molar-refractivity contribution in [1.82, 2.24) is 9.80 Å². The molecule has 0 bridgehead atoms. The Kier molecular flexibility index (Phi) is 3.76. The average Bonchev–Trinajstić information content (AvgIpc) is 2.63. The quantitative estimate of drug-likeness (QED) is 0.694. The molecule has 1 saturated heterocycles. The lowest BCUT2D eigenvalue weighted by molar-refractivity contribution is -0.120. The highest BCUT2D eigenvalue weighted by molar-refractivity contribution is 5.82. The van der Waals surface area contributed by atoms with Crippen LogP contribution in [0.25, 0.3) is 0 Å². The monoisotopic (exact) mass is 210 g/mol. The van der Waals surface area contributed by atoms with Gasteiger partial charge in [0.05, 0.1) is 0 Å². The van der Waals surface area contributed by atoms with Crippen molar-refractivity contribution in [3.8, 4) is 0 Å². The summed E-state index contributed by atoms with van der Waals surface area (Å²) in [6.45, 7) is 5.84. The number of likely N-dealkylation sites (N-methyl/N-ethyl adjacent to an activating group) is 1. The molecule has 2 aliphatic rings. The van der Waals surface area contributed by atoms with E-state index in [0.29, 0.717) is 11.7 Å². The van der Waals surface area contributed by atoms with Gasteiger partial charge in [-0.1, -0.05) is 0 Å². The Labute approximate surface area is 92.4 Å². The van der Waals surface area contributed by atoms with Crippen molar-refractivity contribution in [2.45, 2.75) is 25.7 Å². The summed E-state index contributed by atoms with van der Waals surface area (Å²) in [5.41, 5.74) is 0. The number of carbonyl (C=O) groups is 1. The SMILES string of the molecule is CN1CCN(CCC2CCCC2=O)CC1. The summed E-state index contributed by atoms with van der Waals surface area (Å²) in [4.78, 5) is 16.4. The van der Waals surface area contributed by atoms with Gasteiger partial charge in [0.1, 0.15) is 5.78 Å². The Balaban J connectivity index is 1.67. The molecule has 0 radical (unpaired) electrons. The number of Topliss-reactive ketones (excluding diaryl/α,β-unsaturated/α-hetero) is 1. The molecule has 3 heteroatoms. The molecule has 1 heterocycles. The van der Waals surface area contributed by atoms with Crippen molar-refractivity contribution >= 4 is 5.78 Å². The molecule has 2 rings (SSSR count). The summed E-state index contributed by atoms with van der Waals surface area (Å²) in [7, 11) is 2.18. The van der Waals surface area contributed by atoms with Crippen molar-refractivity contribution in [1.29, 1.82) is 0 Å². The molecule has 1 aliphatic heterocycles. The Morgan fingerprint density at radius 1 is 1.27 bits per heavy atom. The van der Waals surface area contributed by atoms with Crippen LogP contribution in [-0.4, -0.2) is 55.4 Å². The maximum absolute atomic E-state index is 11.5. The average molecular weight is 210 g/mol. The number of hydrogen-bond acceptors (Lipinski definition) is 3. The molecule has 1 atom stereocenters. The Morgan fingerprint density at radius 2 is 2.00 bits per heavy atom. The number of hydrogen-bond donors (Lipinski definition) is 0. The van der Waals surface area contributed by atoms with Gasteiger partial charge in [-0.05, 0) is 32.9 Å². The minimum Gasteiger partial charge on any atom is -0.304 e. The maximum atomic E-state index is 11.5. The molecule has 0 N–H and O–H groups in total.